The van der Waals surface area contributed by atoms with Gasteiger partial charge in [-0.05, 0) is 61.4 Å². The highest BCUT2D eigenvalue weighted by molar-refractivity contribution is 5.81. The third kappa shape index (κ3) is 5.49. The van der Waals surface area contributed by atoms with E-state index in [1.165, 1.54) is 12.0 Å². The van der Waals surface area contributed by atoms with Gasteiger partial charge in [0.05, 0.1) is 13.7 Å². The lowest BCUT2D eigenvalue weighted by Crippen LogP contribution is -2.43. The Morgan fingerprint density at radius 3 is 2.37 bits per heavy atom. The SMILES string of the molecule is COc1ccc(CCC2CCN(C(=O)CN(C)c3ccccc3)CC2)cc1. The fourth-order valence-corrected chi connectivity index (χ4v) is 3.71. The van der Waals surface area contributed by atoms with Gasteiger partial charge in [-0.25, -0.2) is 0 Å². The van der Waals surface area contributed by atoms with E-state index in [4.69, 9.17) is 4.74 Å². The molecule has 4 heteroatoms. The number of carbonyl (C=O) groups excluding carboxylic acids is 1. The number of carbonyl (C=O) groups is 1. The Kier molecular flexibility index (Phi) is 6.74. The van der Waals surface area contributed by atoms with Gasteiger partial charge in [-0.1, -0.05) is 30.3 Å². The van der Waals surface area contributed by atoms with Gasteiger partial charge in [-0.15, -0.1) is 0 Å². The third-order valence-electron chi connectivity index (χ3n) is 5.54. The Labute approximate surface area is 162 Å². The molecule has 0 atom stereocenters. The maximum absolute atomic E-state index is 12.6. The summed E-state index contributed by atoms with van der Waals surface area (Å²) in [6, 6.07) is 18.4. The summed E-state index contributed by atoms with van der Waals surface area (Å²) in [6.07, 6.45) is 4.51. The van der Waals surface area contributed by atoms with Crippen molar-refractivity contribution in [2.45, 2.75) is 25.7 Å². The molecule has 0 unspecified atom stereocenters. The van der Waals surface area contributed by atoms with Crippen molar-refractivity contribution in [3.63, 3.8) is 0 Å². The van der Waals surface area contributed by atoms with E-state index in [9.17, 15) is 4.79 Å². The fraction of sp³-hybridized carbons (Fsp3) is 0.435. The Morgan fingerprint density at radius 2 is 1.74 bits per heavy atom. The zero-order chi connectivity index (χ0) is 19.1. The van der Waals surface area contributed by atoms with Crippen molar-refractivity contribution in [2.24, 2.45) is 5.92 Å². The van der Waals surface area contributed by atoms with Crippen LogP contribution in [0.1, 0.15) is 24.8 Å². The predicted molar refractivity (Wildman–Crippen MR) is 110 cm³/mol. The van der Waals surface area contributed by atoms with Crippen molar-refractivity contribution in [1.29, 1.82) is 0 Å². The molecule has 0 saturated carbocycles. The number of likely N-dealkylation sites (tertiary alicyclic amines) is 1. The molecule has 0 aromatic heterocycles. The molecule has 1 heterocycles. The minimum atomic E-state index is 0.231. The maximum atomic E-state index is 12.6. The molecule has 2 aromatic rings. The van der Waals surface area contributed by atoms with Crippen LogP contribution in [0, 0.1) is 5.92 Å². The molecule has 1 saturated heterocycles. The molecule has 0 N–H and O–H groups in total. The Balaban J connectivity index is 1.40. The first-order valence-corrected chi connectivity index (χ1v) is 9.82. The van der Waals surface area contributed by atoms with Crippen molar-refractivity contribution < 1.29 is 9.53 Å². The van der Waals surface area contributed by atoms with E-state index in [1.807, 2.05) is 59.3 Å². The Hall–Kier alpha value is -2.49. The lowest BCUT2D eigenvalue weighted by atomic mass is 9.90. The van der Waals surface area contributed by atoms with Crippen LogP contribution in [0.2, 0.25) is 0 Å². The van der Waals surface area contributed by atoms with Gasteiger partial charge in [-0.3, -0.25) is 4.79 Å². The molecule has 0 radical (unpaired) electrons. The normalized spacial score (nSPS) is 14.8. The summed E-state index contributed by atoms with van der Waals surface area (Å²) >= 11 is 0. The second kappa shape index (κ2) is 9.45. The number of benzene rings is 2. The number of ether oxygens (including phenoxy) is 1. The number of aryl methyl sites for hydroxylation is 1. The summed E-state index contributed by atoms with van der Waals surface area (Å²) in [5.41, 5.74) is 2.44. The summed E-state index contributed by atoms with van der Waals surface area (Å²) in [6.45, 7) is 2.21. The van der Waals surface area contributed by atoms with Gasteiger partial charge in [0.1, 0.15) is 5.75 Å². The van der Waals surface area contributed by atoms with E-state index in [1.54, 1.807) is 7.11 Å². The van der Waals surface area contributed by atoms with E-state index in [0.29, 0.717) is 12.5 Å². The highest BCUT2D eigenvalue weighted by atomic mass is 16.5. The number of likely N-dealkylation sites (N-methyl/N-ethyl adjacent to an activating group) is 1. The predicted octanol–water partition coefficient (Wildman–Crippen LogP) is 4.00. The van der Waals surface area contributed by atoms with Crippen molar-refractivity contribution in [3.8, 4) is 5.75 Å². The van der Waals surface area contributed by atoms with Gasteiger partial charge in [0.2, 0.25) is 5.91 Å². The first-order chi connectivity index (χ1) is 13.2. The van der Waals surface area contributed by atoms with Crippen LogP contribution in [0.25, 0.3) is 0 Å². The monoisotopic (exact) mass is 366 g/mol. The van der Waals surface area contributed by atoms with Crippen molar-refractivity contribution in [3.05, 3.63) is 60.2 Å². The molecule has 0 aliphatic carbocycles. The first kappa shape index (κ1) is 19.3. The van der Waals surface area contributed by atoms with Crippen LogP contribution in [-0.2, 0) is 11.2 Å². The minimum absolute atomic E-state index is 0.231. The van der Waals surface area contributed by atoms with Crippen LogP contribution >= 0.6 is 0 Å². The zero-order valence-corrected chi connectivity index (χ0v) is 16.4. The molecular formula is C23H30N2O2. The highest BCUT2D eigenvalue weighted by Crippen LogP contribution is 2.23. The van der Waals surface area contributed by atoms with E-state index >= 15 is 0 Å². The number of nitrogens with zero attached hydrogens (tertiary/aromatic N) is 2. The van der Waals surface area contributed by atoms with Crippen molar-refractivity contribution >= 4 is 11.6 Å². The number of anilines is 1. The average molecular weight is 367 g/mol. The number of amides is 1. The van der Waals surface area contributed by atoms with E-state index < -0.39 is 0 Å². The topological polar surface area (TPSA) is 32.8 Å². The van der Waals surface area contributed by atoms with Crippen LogP contribution in [0.3, 0.4) is 0 Å². The molecule has 4 nitrogen and oxygen atoms in total. The van der Waals surface area contributed by atoms with E-state index in [0.717, 1.165) is 43.8 Å². The molecule has 0 spiro atoms. The standard InChI is InChI=1S/C23H30N2O2/c1-24(21-6-4-3-5-7-21)18-23(26)25-16-14-20(15-17-25)9-8-19-10-12-22(27-2)13-11-19/h3-7,10-13,20H,8-9,14-18H2,1-2H3. The molecular weight excluding hydrogens is 336 g/mol. The maximum Gasteiger partial charge on any atom is 0.242 e. The van der Waals surface area contributed by atoms with Crippen LogP contribution in [0.4, 0.5) is 5.69 Å². The number of hydrogen-bond donors (Lipinski definition) is 0. The van der Waals surface area contributed by atoms with E-state index in [2.05, 4.69) is 12.1 Å². The average Bonchev–Trinajstić information content (AvgIpc) is 2.73. The molecule has 1 aliphatic rings. The van der Waals surface area contributed by atoms with Crippen LogP contribution in [0.5, 0.6) is 5.75 Å². The number of methoxy groups -OCH3 is 1. The van der Waals surface area contributed by atoms with Gasteiger partial charge >= 0.3 is 0 Å². The van der Waals surface area contributed by atoms with Crippen LogP contribution in [0.15, 0.2) is 54.6 Å². The smallest absolute Gasteiger partial charge is 0.242 e. The third-order valence-corrected chi connectivity index (χ3v) is 5.54. The lowest BCUT2D eigenvalue weighted by Gasteiger charge is -2.33. The molecule has 1 aliphatic heterocycles. The van der Waals surface area contributed by atoms with Gasteiger partial charge in [-0.2, -0.15) is 0 Å². The van der Waals surface area contributed by atoms with Gasteiger partial charge in [0, 0.05) is 25.8 Å². The number of piperidine rings is 1. The Bertz CT molecular complexity index is 707. The second-order valence-corrected chi connectivity index (χ2v) is 7.40. The summed E-state index contributed by atoms with van der Waals surface area (Å²) in [7, 11) is 3.68. The van der Waals surface area contributed by atoms with Gasteiger partial charge < -0.3 is 14.5 Å². The molecule has 144 valence electrons. The van der Waals surface area contributed by atoms with Gasteiger partial charge in [0.25, 0.3) is 0 Å². The minimum Gasteiger partial charge on any atom is -0.497 e. The van der Waals surface area contributed by atoms with E-state index in [-0.39, 0.29) is 5.91 Å². The summed E-state index contributed by atoms with van der Waals surface area (Å²) in [5.74, 6) is 1.85. The van der Waals surface area contributed by atoms with Crippen molar-refractivity contribution in [1.82, 2.24) is 4.90 Å². The number of rotatable bonds is 7. The van der Waals surface area contributed by atoms with Crippen LogP contribution in [-0.4, -0.2) is 44.6 Å². The molecule has 1 fully saturated rings. The van der Waals surface area contributed by atoms with Crippen molar-refractivity contribution in [2.75, 3.05) is 38.7 Å². The highest BCUT2D eigenvalue weighted by Gasteiger charge is 2.23. The lowest BCUT2D eigenvalue weighted by molar-refractivity contribution is -0.131. The molecule has 27 heavy (non-hydrogen) atoms. The summed E-state index contributed by atoms with van der Waals surface area (Å²) in [5, 5.41) is 0. The molecule has 1 amide bonds. The zero-order valence-electron chi connectivity index (χ0n) is 16.4. The number of hydrogen-bond acceptors (Lipinski definition) is 3. The fourth-order valence-electron chi connectivity index (χ4n) is 3.71. The number of para-hydroxylation sites is 1. The van der Waals surface area contributed by atoms with Gasteiger partial charge in [0.15, 0.2) is 0 Å². The van der Waals surface area contributed by atoms with Crippen LogP contribution < -0.4 is 9.64 Å². The summed E-state index contributed by atoms with van der Waals surface area (Å²) < 4.78 is 5.21. The summed E-state index contributed by atoms with van der Waals surface area (Å²) in [4.78, 5) is 16.7. The molecule has 2 aromatic carbocycles. The molecule has 3 rings (SSSR count). The molecule has 0 bridgehead atoms. The largest absolute Gasteiger partial charge is 0.497 e. The second-order valence-electron chi connectivity index (χ2n) is 7.40. The first-order valence-electron chi connectivity index (χ1n) is 9.82. The Morgan fingerprint density at radius 1 is 1.07 bits per heavy atom. The quantitative estimate of drug-likeness (QED) is 0.742.